The van der Waals surface area contributed by atoms with Crippen molar-refractivity contribution in [3.8, 4) is 11.5 Å². The fourth-order valence-electron chi connectivity index (χ4n) is 3.58. The van der Waals surface area contributed by atoms with Crippen molar-refractivity contribution >= 4 is 5.91 Å². The van der Waals surface area contributed by atoms with E-state index >= 15 is 0 Å². The Labute approximate surface area is 161 Å². The Balaban J connectivity index is 1.61. The molecule has 0 aromatic heterocycles. The molecule has 0 bridgehead atoms. The van der Waals surface area contributed by atoms with Crippen molar-refractivity contribution in [2.24, 2.45) is 0 Å². The minimum absolute atomic E-state index is 0.0186. The molecule has 2 aliphatic heterocycles. The smallest absolute Gasteiger partial charge is 0.422 e. The van der Waals surface area contributed by atoms with E-state index < -0.39 is 12.8 Å². The molecule has 6 nitrogen and oxygen atoms in total. The second kappa shape index (κ2) is 8.57. The summed E-state index contributed by atoms with van der Waals surface area (Å²) in [6.07, 6.45) is -2.93. The highest BCUT2D eigenvalue weighted by molar-refractivity contribution is 5.77. The van der Waals surface area contributed by atoms with Crippen LogP contribution in [0.4, 0.5) is 13.2 Å². The summed E-state index contributed by atoms with van der Waals surface area (Å²) in [6, 6.07) is 4.69. The van der Waals surface area contributed by atoms with Gasteiger partial charge in [0, 0.05) is 19.6 Å². The lowest BCUT2D eigenvalue weighted by molar-refractivity contribution is -0.153. The predicted molar refractivity (Wildman–Crippen MR) is 93.6 cm³/mol. The number of aryl methyl sites for hydroxylation is 1. The number of benzene rings is 1. The topological polar surface area (TPSA) is 57.2 Å². The Morgan fingerprint density at radius 1 is 1.21 bits per heavy atom. The first-order chi connectivity index (χ1) is 13.3. The van der Waals surface area contributed by atoms with Gasteiger partial charge in [0.1, 0.15) is 0 Å². The largest absolute Gasteiger partial charge is 0.493 e. The van der Waals surface area contributed by atoms with Gasteiger partial charge in [-0.1, -0.05) is 6.07 Å². The van der Waals surface area contributed by atoms with Gasteiger partial charge in [0.25, 0.3) is 0 Å². The third-order valence-electron chi connectivity index (χ3n) is 5.03. The first-order valence-electron chi connectivity index (χ1n) is 9.15. The SMILES string of the molecule is COc1cc(CCC(=O)N2CCOCC23CCOC3)ccc1OCC(F)(F)F. The fraction of sp³-hybridized carbons (Fsp3) is 0.632. The van der Waals surface area contributed by atoms with Gasteiger partial charge in [-0.2, -0.15) is 13.2 Å². The summed E-state index contributed by atoms with van der Waals surface area (Å²) < 4.78 is 58.0. The van der Waals surface area contributed by atoms with E-state index in [9.17, 15) is 18.0 Å². The van der Waals surface area contributed by atoms with Crippen LogP contribution in [0.25, 0.3) is 0 Å². The number of hydrogen-bond donors (Lipinski definition) is 0. The highest BCUT2D eigenvalue weighted by Gasteiger charge is 2.45. The van der Waals surface area contributed by atoms with E-state index in [0.29, 0.717) is 39.4 Å². The standard InChI is InChI=1S/C19H24F3NO5/c1-25-16-10-14(2-4-15(16)28-13-19(20,21)22)3-5-17(24)23-7-9-27-12-18(23)6-8-26-11-18/h2,4,10H,3,5-9,11-13H2,1H3. The molecule has 1 aromatic rings. The van der Waals surface area contributed by atoms with E-state index in [1.54, 1.807) is 12.1 Å². The summed E-state index contributed by atoms with van der Waals surface area (Å²) in [6.45, 7) is 1.24. The van der Waals surface area contributed by atoms with Gasteiger partial charge in [-0.25, -0.2) is 0 Å². The normalized spacial score (nSPS) is 22.5. The molecule has 1 spiro atoms. The second-order valence-corrected chi connectivity index (χ2v) is 7.01. The van der Waals surface area contributed by atoms with Gasteiger partial charge < -0.3 is 23.8 Å². The van der Waals surface area contributed by atoms with Crippen LogP contribution in [0.2, 0.25) is 0 Å². The first kappa shape index (κ1) is 20.7. The number of ether oxygens (including phenoxy) is 4. The van der Waals surface area contributed by atoms with Crippen LogP contribution in [0.3, 0.4) is 0 Å². The summed E-state index contributed by atoms with van der Waals surface area (Å²) in [5.41, 5.74) is 0.414. The van der Waals surface area contributed by atoms with E-state index in [0.717, 1.165) is 12.0 Å². The third-order valence-corrected chi connectivity index (χ3v) is 5.03. The van der Waals surface area contributed by atoms with Gasteiger partial charge in [0.2, 0.25) is 5.91 Å². The molecule has 28 heavy (non-hydrogen) atoms. The van der Waals surface area contributed by atoms with Crippen LogP contribution in [0.5, 0.6) is 11.5 Å². The van der Waals surface area contributed by atoms with E-state index in [-0.39, 0.29) is 29.4 Å². The van der Waals surface area contributed by atoms with Gasteiger partial charge in [-0.3, -0.25) is 4.79 Å². The Morgan fingerprint density at radius 2 is 1.96 bits per heavy atom. The number of carbonyl (C=O) groups excluding carboxylic acids is 1. The number of rotatable bonds is 6. The van der Waals surface area contributed by atoms with Crippen LogP contribution >= 0.6 is 0 Å². The molecule has 3 rings (SSSR count). The summed E-state index contributed by atoms with van der Waals surface area (Å²) in [5.74, 6) is 0.247. The molecule has 156 valence electrons. The van der Waals surface area contributed by atoms with E-state index in [1.807, 2.05) is 4.90 Å². The third kappa shape index (κ3) is 4.88. The quantitative estimate of drug-likeness (QED) is 0.731. The molecule has 2 aliphatic rings. The maximum atomic E-state index is 12.8. The molecule has 0 saturated carbocycles. The molecule has 2 saturated heterocycles. The number of alkyl halides is 3. The molecule has 2 fully saturated rings. The van der Waals surface area contributed by atoms with Crippen LogP contribution < -0.4 is 9.47 Å². The minimum Gasteiger partial charge on any atom is -0.493 e. The van der Waals surface area contributed by atoms with Crippen LogP contribution in [-0.4, -0.2) is 69.2 Å². The van der Waals surface area contributed by atoms with Crippen LogP contribution in [0.15, 0.2) is 18.2 Å². The predicted octanol–water partition coefficient (Wildman–Crippen LogP) is 2.59. The lowest BCUT2D eigenvalue weighted by Gasteiger charge is -2.43. The lowest BCUT2D eigenvalue weighted by Crippen LogP contribution is -2.59. The monoisotopic (exact) mass is 403 g/mol. The molecule has 1 atom stereocenters. The van der Waals surface area contributed by atoms with Crippen molar-refractivity contribution in [2.45, 2.75) is 31.0 Å². The Morgan fingerprint density at radius 3 is 2.64 bits per heavy atom. The van der Waals surface area contributed by atoms with Gasteiger partial charge in [0.05, 0.1) is 32.5 Å². The molecule has 0 aliphatic carbocycles. The van der Waals surface area contributed by atoms with Gasteiger partial charge in [-0.05, 0) is 30.5 Å². The average Bonchev–Trinajstić information content (AvgIpc) is 3.13. The zero-order valence-corrected chi connectivity index (χ0v) is 15.7. The van der Waals surface area contributed by atoms with Crippen molar-refractivity contribution in [3.05, 3.63) is 23.8 Å². The maximum absolute atomic E-state index is 12.8. The van der Waals surface area contributed by atoms with Gasteiger partial charge in [-0.15, -0.1) is 0 Å². The summed E-state index contributed by atoms with van der Waals surface area (Å²) in [7, 11) is 1.36. The molecule has 0 N–H and O–H groups in total. The molecule has 1 unspecified atom stereocenters. The van der Waals surface area contributed by atoms with Crippen molar-refractivity contribution in [3.63, 3.8) is 0 Å². The highest BCUT2D eigenvalue weighted by atomic mass is 19.4. The lowest BCUT2D eigenvalue weighted by atomic mass is 9.95. The number of morpholine rings is 1. The van der Waals surface area contributed by atoms with Crippen LogP contribution in [0.1, 0.15) is 18.4 Å². The van der Waals surface area contributed by atoms with Crippen molar-refractivity contribution < 1.29 is 36.9 Å². The summed E-state index contributed by atoms with van der Waals surface area (Å²) in [5, 5.41) is 0. The van der Waals surface area contributed by atoms with Crippen LogP contribution in [0, 0.1) is 0 Å². The molecular weight excluding hydrogens is 379 g/mol. The molecule has 1 aromatic carbocycles. The number of halogens is 3. The van der Waals surface area contributed by atoms with E-state index in [4.69, 9.17) is 18.9 Å². The molecule has 2 heterocycles. The number of carbonyl (C=O) groups is 1. The average molecular weight is 403 g/mol. The number of methoxy groups -OCH3 is 1. The summed E-state index contributed by atoms with van der Waals surface area (Å²) >= 11 is 0. The van der Waals surface area contributed by atoms with Crippen LogP contribution in [-0.2, 0) is 20.7 Å². The zero-order chi connectivity index (χ0) is 20.2. The molecule has 0 radical (unpaired) electrons. The Bertz CT molecular complexity index is 689. The van der Waals surface area contributed by atoms with Gasteiger partial charge in [0.15, 0.2) is 18.1 Å². The molecular formula is C19H24F3NO5. The number of amides is 1. The Kier molecular flexibility index (Phi) is 6.34. The van der Waals surface area contributed by atoms with Gasteiger partial charge >= 0.3 is 6.18 Å². The highest BCUT2D eigenvalue weighted by Crippen LogP contribution is 2.32. The Hall–Kier alpha value is -2.00. The maximum Gasteiger partial charge on any atom is 0.422 e. The van der Waals surface area contributed by atoms with Crippen molar-refractivity contribution in [2.75, 3.05) is 46.7 Å². The summed E-state index contributed by atoms with van der Waals surface area (Å²) in [4.78, 5) is 14.7. The minimum atomic E-state index is -4.42. The number of nitrogens with zero attached hydrogens (tertiary/aromatic N) is 1. The zero-order valence-electron chi connectivity index (χ0n) is 15.7. The number of hydrogen-bond acceptors (Lipinski definition) is 5. The fourth-order valence-corrected chi connectivity index (χ4v) is 3.58. The molecule has 1 amide bonds. The van der Waals surface area contributed by atoms with E-state index in [1.165, 1.54) is 13.2 Å². The van der Waals surface area contributed by atoms with Crippen molar-refractivity contribution in [1.29, 1.82) is 0 Å². The van der Waals surface area contributed by atoms with Crippen molar-refractivity contribution in [1.82, 2.24) is 4.90 Å². The first-order valence-corrected chi connectivity index (χ1v) is 9.15. The van der Waals surface area contributed by atoms with E-state index in [2.05, 4.69) is 0 Å². The second-order valence-electron chi connectivity index (χ2n) is 7.01. The molecule has 9 heteroatoms.